The third-order valence-corrected chi connectivity index (χ3v) is 16.2. The molecule has 11 atom stereocenters. The van der Waals surface area contributed by atoms with Gasteiger partial charge in [-0.1, -0.05) is 87.0 Å². The van der Waals surface area contributed by atoms with E-state index in [4.69, 9.17) is 28.7 Å². The van der Waals surface area contributed by atoms with Crippen molar-refractivity contribution < 1.29 is 67.4 Å². The van der Waals surface area contributed by atoms with E-state index in [0.29, 0.717) is 16.7 Å². The molecule has 2 aromatic heterocycles. The molecule has 0 saturated heterocycles. The van der Waals surface area contributed by atoms with Gasteiger partial charge in [-0.15, -0.1) is 0 Å². The molecule has 2 heterocycles. The molecule has 0 aliphatic carbocycles. The number of thiol groups is 1. The maximum absolute atomic E-state index is 14.6. The normalized spacial score (nSPS) is 14.5. The number of H-pyrrole nitrogens is 2. The van der Waals surface area contributed by atoms with Crippen LogP contribution in [-0.4, -0.2) is 177 Å². The number of rotatable bonds is 40. The fraction of sp³-hybridized carbons (Fsp3) is 0.438. The lowest BCUT2D eigenvalue weighted by atomic mass is 9.97. The van der Waals surface area contributed by atoms with Gasteiger partial charge in [-0.3, -0.25) is 67.3 Å². The number of para-hydroxylation sites is 2. The molecule has 0 bridgehead atoms. The van der Waals surface area contributed by atoms with Crippen molar-refractivity contribution in [3.63, 3.8) is 0 Å². The molecular formula is C64H88N18O14S. The van der Waals surface area contributed by atoms with E-state index in [1.165, 1.54) is 13.8 Å². The highest BCUT2D eigenvalue weighted by atomic mass is 32.1. The molecule has 5 rings (SSSR count). The average molecular weight is 1370 g/mol. The maximum Gasteiger partial charge on any atom is 0.303 e. The Balaban J connectivity index is 1.32. The fourth-order valence-electron chi connectivity index (χ4n) is 10.1. The quantitative estimate of drug-likeness (QED) is 0.00813. The van der Waals surface area contributed by atoms with E-state index >= 15 is 0 Å². The molecule has 1 unspecified atom stereocenters. The second kappa shape index (κ2) is 38.1. The largest absolute Gasteiger partial charge is 0.481 e. The summed E-state index contributed by atoms with van der Waals surface area (Å²) in [6.45, 7) is 5.29. The zero-order valence-corrected chi connectivity index (χ0v) is 55.1. The molecule has 0 aliphatic rings. The Hall–Kier alpha value is -10.6. The van der Waals surface area contributed by atoms with E-state index in [-0.39, 0.29) is 56.8 Å². The summed E-state index contributed by atoms with van der Waals surface area (Å²) in [4.78, 5) is 186. The summed E-state index contributed by atoms with van der Waals surface area (Å²) in [5, 5.41) is 36.6. The lowest BCUT2D eigenvalue weighted by Crippen LogP contribution is -2.60. The first kappa shape index (κ1) is 77.1. The van der Waals surface area contributed by atoms with Crippen molar-refractivity contribution in [2.75, 3.05) is 18.8 Å². The van der Waals surface area contributed by atoms with Gasteiger partial charge in [0.1, 0.15) is 54.4 Å². The standard InChI is InChI=1S/C64H88N18O14S/c1-5-33(2)53(63(96)77-43(20-13-25-70-64(68)69)57(90)75-44(21-23-50(66)83)58(91)76-45(22-24-52(85)86)59(92)78-46(54(67)87)26-36-14-7-6-8-15-36)82-51(84)31-73-56(89)35(4)74-60(93)47(27-37-29-71-41-18-11-9-16-39(37)41)79-61(94)48(28-38-30-72-42-19-12-10-17-40(38)42)80-62(95)49(32-97)81-55(88)34(3)65/h6-12,14-19,29-30,33-35,43-49,53,71-72,97H,5,13,20-28,31-32,65H2,1-4H3,(H2,66,83)(H2,67,87)(H,73,89)(H,74,93)(H,75,90)(H,76,91)(H,77,96)(H,78,92)(H,79,94)(H,80,95)(H,81,88)(H,82,84)(H,85,86)(H4,68,69,70)/t33?,34-,35-,43-,44-,45-,46-,47-,48-,49-,53-/m0/s1. The lowest BCUT2D eigenvalue weighted by Gasteiger charge is -2.28. The molecule has 0 spiro atoms. The number of carboxylic acid groups (broad SMARTS) is 1. The second-order valence-corrected chi connectivity index (χ2v) is 23.7. The number of guanidine groups is 1. The molecule has 32 nitrogen and oxygen atoms in total. The zero-order valence-electron chi connectivity index (χ0n) is 54.2. The van der Waals surface area contributed by atoms with Gasteiger partial charge in [-0.2, -0.15) is 12.6 Å². The SMILES string of the molecule is CCC(C)[C@H](NC(=O)CNC(=O)[C@H](C)NC(=O)[C@H](Cc1c[nH]c2ccccc12)NC(=O)[C@H](Cc1c[nH]c2ccccc12)NC(=O)[C@H](CS)NC(=O)[C@H](C)N)C(=O)N[C@@H](CCCN=C(N)N)C(=O)N[C@@H](CCC(N)=O)C(=O)N[C@@H](CCC(=O)O)C(=O)N[C@@H](Cc1ccccc1)C(N)=O. The third kappa shape index (κ3) is 24.6. The lowest BCUT2D eigenvalue weighted by molar-refractivity contribution is -0.138. The van der Waals surface area contributed by atoms with Crippen LogP contribution in [-0.2, 0) is 81.6 Å². The molecule has 3 aromatic carbocycles. The molecule has 0 saturated carbocycles. The summed E-state index contributed by atoms with van der Waals surface area (Å²) in [6, 6.07) is 9.10. The summed E-state index contributed by atoms with van der Waals surface area (Å²) in [5.74, 6) is -13.1. The predicted octanol–water partition coefficient (Wildman–Crippen LogP) is -2.83. The van der Waals surface area contributed by atoms with E-state index in [1.54, 1.807) is 80.8 Å². The average Bonchev–Trinajstić information content (AvgIpc) is 1.72. The van der Waals surface area contributed by atoms with Crippen molar-refractivity contribution in [1.29, 1.82) is 0 Å². The number of hydrogen-bond donors (Lipinski definition) is 19. The number of carbonyl (C=O) groups is 13. The Morgan fingerprint density at radius 2 is 0.969 bits per heavy atom. The molecule has 0 radical (unpaired) electrons. The van der Waals surface area contributed by atoms with Gasteiger partial charge in [0.05, 0.1) is 12.6 Å². The van der Waals surface area contributed by atoms with Gasteiger partial charge >= 0.3 is 5.97 Å². The minimum atomic E-state index is -1.66. The summed E-state index contributed by atoms with van der Waals surface area (Å²) < 4.78 is 0. The number of aromatic amines is 2. The highest BCUT2D eigenvalue weighted by Crippen LogP contribution is 2.22. The Bertz CT molecular complexity index is 3630. The first-order valence-corrected chi connectivity index (χ1v) is 32.1. The topological polar surface area (TPSA) is 536 Å². The van der Waals surface area contributed by atoms with E-state index in [0.717, 1.165) is 21.8 Å². The molecule has 33 heteroatoms. The minimum Gasteiger partial charge on any atom is -0.481 e. The smallest absolute Gasteiger partial charge is 0.303 e. The van der Waals surface area contributed by atoms with Crippen LogP contribution in [0, 0.1) is 5.92 Å². The molecular weight excluding hydrogens is 1280 g/mol. The molecule has 97 heavy (non-hydrogen) atoms. The van der Waals surface area contributed by atoms with Crippen molar-refractivity contribution in [3.8, 4) is 0 Å². The molecule has 524 valence electrons. The van der Waals surface area contributed by atoms with Crippen LogP contribution >= 0.6 is 12.6 Å². The van der Waals surface area contributed by atoms with Gasteiger partial charge < -0.3 is 96.9 Å². The predicted molar refractivity (Wildman–Crippen MR) is 362 cm³/mol. The van der Waals surface area contributed by atoms with Crippen LogP contribution in [0.2, 0.25) is 0 Å². The van der Waals surface area contributed by atoms with Crippen LogP contribution in [0.1, 0.15) is 89.3 Å². The van der Waals surface area contributed by atoms with Gasteiger partial charge in [0.15, 0.2) is 5.96 Å². The molecule has 5 aromatic rings. The molecule has 0 fully saturated rings. The first-order chi connectivity index (χ1) is 46.1. The van der Waals surface area contributed by atoms with Crippen LogP contribution in [0.5, 0.6) is 0 Å². The fourth-order valence-corrected chi connectivity index (χ4v) is 10.4. The number of aliphatic imine (C=N–C) groups is 1. The Kier molecular flexibility index (Phi) is 30.3. The number of carbonyl (C=O) groups excluding carboxylic acids is 12. The zero-order chi connectivity index (χ0) is 71.5. The minimum absolute atomic E-state index is 0.0450. The highest BCUT2D eigenvalue weighted by Gasteiger charge is 2.36. The summed E-state index contributed by atoms with van der Waals surface area (Å²) >= 11 is 4.26. The second-order valence-electron chi connectivity index (χ2n) is 23.4. The number of aliphatic carboxylic acids is 1. The maximum atomic E-state index is 14.6. The summed E-state index contributed by atoms with van der Waals surface area (Å²) in [7, 11) is 0. The van der Waals surface area contributed by atoms with Crippen LogP contribution in [0.15, 0.2) is 96.2 Å². The molecule has 0 aliphatic heterocycles. The summed E-state index contributed by atoms with van der Waals surface area (Å²) in [6.07, 6.45) is 1.09. The number of nitrogens with two attached hydrogens (primary N) is 5. The van der Waals surface area contributed by atoms with Gasteiger partial charge in [0, 0.05) is 78.6 Å². The van der Waals surface area contributed by atoms with Crippen molar-refractivity contribution in [2.24, 2.45) is 39.6 Å². The van der Waals surface area contributed by atoms with Crippen molar-refractivity contribution >= 4 is 117 Å². The number of nitrogens with one attached hydrogen (secondary N) is 12. The number of benzene rings is 3. The van der Waals surface area contributed by atoms with Crippen LogP contribution < -0.4 is 81.8 Å². The first-order valence-electron chi connectivity index (χ1n) is 31.4. The van der Waals surface area contributed by atoms with Crippen molar-refractivity contribution in [1.82, 2.24) is 63.1 Å². The van der Waals surface area contributed by atoms with Crippen LogP contribution in [0.3, 0.4) is 0 Å². The monoisotopic (exact) mass is 1360 g/mol. The van der Waals surface area contributed by atoms with E-state index in [9.17, 15) is 67.4 Å². The Morgan fingerprint density at radius 3 is 1.46 bits per heavy atom. The number of carboxylic acids is 1. The van der Waals surface area contributed by atoms with Crippen molar-refractivity contribution in [2.45, 2.75) is 152 Å². The number of fused-ring (bicyclic) bond motifs is 2. The van der Waals surface area contributed by atoms with E-state index < -0.39 is 175 Å². The van der Waals surface area contributed by atoms with E-state index in [1.807, 2.05) is 24.3 Å². The number of nitrogens with zero attached hydrogens (tertiary/aromatic N) is 1. The van der Waals surface area contributed by atoms with Gasteiger partial charge in [-0.05, 0) is 74.3 Å². The van der Waals surface area contributed by atoms with E-state index in [2.05, 4.69) is 80.8 Å². The van der Waals surface area contributed by atoms with Gasteiger partial charge in [0.25, 0.3) is 0 Å². The number of primary amides is 2. The number of amides is 12. The Labute approximate surface area is 564 Å². The summed E-state index contributed by atoms with van der Waals surface area (Å²) in [5.41, 5.74) is 31.2. The molecule has 12 amide bonds. The van der Waals surface area contributed by atoms with Crippen molar-refractivity contribution in [3.05, 3.63) is 108 Å². The van der Waals surface area contributed by atoms with Gasteiger partial charge in [0.2, 0.25) is 70.9 Å². The number of aromatic nitrogens is 2. The number of hydrogen-bond acceptors (Lipinski definition) is 16. The molecule has 23 N–H and O–H groups in total. The van der Waals surface area contributed by atoms with Crippen LogP contribution in [0.25, 0.3) is 21.8 Å². The third-order valence-electron chi connectivity index (χ3n) is 15.8. The highest BCUT2D eigenvalue weighted by molar-refractivity contribution is 7.80. The Morgan fingerprint density at radius 1 is 0.515 bits per heavy atom. The van der Waals surface area contributed by atoms with Gasteiger partial charge in [-0.25, -0.2) is 0 Å². The van der Waals surface area contributed by atoms with Crippen LogP contribution in [0.4, 0.5) is 0 Å².